The molecular weight excluding hydrogens is 212 g/mol. The zero-order valence-corrected chi connectivity index (χ0v) is 10.1. The van der Waals surface area contributed by atoms with Crippen molar-refractivity contribution in [2.45, 2.75) is 12.8 Å². The van der Waals surface area contributed by atoms with Crippen LogP contribution in [0.3, 0.4) is 0 Å². The summed E-state index contributed by atoms with van der Waals surface area (Å²) in [4.78, 5) is 2.44. The predicted octanol–water partition coefficient (Wildman–Crippen LogP) is 1.63. The van der Waals surface area contributed by atoms with Crippen LogP contribution in [0.25, 0.3) is 0 Å². The lowest BCUT2D eigenvalue weighted by atomic mass is 10.1. The number of morpholine rings is 1. The predicted molar refractivity (Wildman–Crippen MR) is 66.7 cm³/mol. The highest BCUT2D eigenvalue weighted by molar-refractivity contribution is 5.24. The van der Waals surface area contributed by atoms with Crippen LogP contribution in [-0.2, 0) is 17.6 Å². The van der Waals surface area contributed by atoms with Crippen LogP contribution in [0.2, 0.25) is 0 Å². The Kier molecular flexibility index (Phi) is 4.54. The molecule has 1 aliphatic heterocycles. The van der Waals surface area contributed by atoms with Crippen molar-refractivity contribution in [3.63, 3.8) is 0 Å². The molecule has 17 heavy (non-hydrogen) atoms. The molecule has 0 atom stereocenters. The van der Waals surface area contributed by atoms with E-state index in [4.69, 9.17) is 10.00 Å². The molecule has 1 heterocycles. The smallest absolute Gasteiger partial charge is 0.0669 e. The number of nitriles is 1. The molecule has 0 aliphatic carbocycles. The van der Waals surface area contributed by atoms with Crippen LogP contribution >= 0.6 is 0 Å². The van der Waals surface area contributed by atoms with Gasteiger partial charge in [0.25, 0.3) is 0 Å². The van der Waals surface area contributed by atoms with E-state index in [1.165, 1.54) is 5.56 Å². The van der Waals surface area contributed by atoms with Gasteiger partial charge in [0.05, 0.1) is 25.7 Å². The zero-order valence-electron chi connectivity index (χ0n) is 10.1. The van der Waals surface area contributed by atoms with Gasteiger partial charge >= 0.3 is 0 Å². The molecule has 3 nitrogen and oxygen atoms in total. The number of rotatable bonds is 4. The minimum Gasteiger partial charge on any atom is -0.379 e. The van der Waals surface area contributed by atoms with E-state index in [0.717, 1.165) is 44.8 Å². The van der Waals surface area contributed by atoms with E-state index in [1.807, 2.05) is 0 Å². The van der Waals surface area contributed by atoms with Gasteiger partial charge < -0.3 is 4.74 Å². The lowest BCUT2D eigenvalue weighted by Crippen LogP contribution is -2.37. The van der Waals surface area contributed by atoms with E-state index in [-0.39, 0.29) is 0 Å². The number of hydrogen-bond acceptors (Lipinski definition) is 3. The van der Waals surface area contributed by atoms with Gasteiger partial charge in [-0.25, -0.2) is 0 Å². The first-order chi connectivity index (χ1) is 8.38. The lowest BCUT2D eigenvalue weighted by molar-refractivity contribution is 0.0384. The Bertz CT molecular complexity index is 374. The Hall–Kier alpha value is -1.37. The molecule has 0 aromatic heterocycles. The van der Waals surface area contributed by atoms with Gasteiger partial charge in [-0.15, -0.1) is 0 Å². The fraction of sp³-hybridized carbons (Fsp3) is 0.500. The number of hydrogen-bond donors (Lipinski definition) is 0. The molecule has 1 fully saturated rings. The summed E-state index contributed by atoms with van der Waals surface area (Å²) < 4.78 is 5.32. The molecule has 0 saturated carbocycles. The summed E-state index contributed by atoms with van der Waals surface area (Å²) >= 11 is 0. The number of ether oxygens (including phenoxy) is 1. The summed E-state index contributed by atoms with van der Waals surface area (Å²) in [5.41, 5.74) is 2.45. The fourth-order valence-electron chi connectivity index (χ4n) is 2.03. The van der Waals surface area contributed by atoms with Crippen molar-refractivity contribution in [3.05, 3.63) is 35.4 Å². The van der Waals surface area contributed by atoms with E-state index in [0.29, 0.717) is 6.42 Å². The van der Waals surface area contributed by atoms with Gasteiger partial charge in [0.15, 0.2) is 0 Å². The highest BCUT2D eigenvalue weighted by Crippen LogP contribution is 2.07. The van der Waals surface area contributed by atoms with Gasteiger partial charge in [-0.2, -0.15) is 5.26 Å². The van der Waals surface area contributed by atoms with Crippen molar-refractivity contribution in [1.82, 2.24) is 4.90 Å². The highest BCUT2D eigenvalue weighted by atomic mass is 16.5. The lowest BCUT2D eigenvalue weighted by Gasteiger charge is -2.26. The highest BCUT2D eigenvalue weighted by Gasteiger charge is 2.09. The molecule has 90 valence electrons. The van der Waals surface area contributed by atoms with Crippen molar-refractivity contribution in [2.75, 3.05) is 32.8 Å². The molecule has 0 bridgehead atoms. The van der Waals surface area contributed by atoms with E-state index in [2.05, 4.69) is 35.2 Å². The van der Waals surface area contributed by atoms with Gasteiger partial charge in [-0.1, -0.05) is 24.3 Å². The Balaban J connectivity index is 1.80. The van der Waals surface area contributed by atoms with Crippen molar-refractivity contribution >= 4 is 0 Å². The van der Waals surface area contributed by atoms with Gasteiger partial charge in [0, 0.05) is 19.6 Å². The first kappa shape index (κ1) is 12.1. The van der Waals surface area contributed by atoms with Crippen molar-refractivity contribution in [2.24, 2.45) is 0 Å². The van der Waals surface area contributed by atoms with Crippen LogP contribution in [0.1, 0.15) is 11.1 Å². The molecule has 0 radical (unpaired) electrons. The fourth-order valence-corrected chi connectivity index (χ4v) is 2.03. The first-order valence-electron chi connectivity index (χ1n) is 6.13. The first-order valence-corrected chi connectivity index (χ1v) is 6.13. The third kappa shape index (κ3) is 3.85. The summed E-state index contributed by atoms with van der Waals surface area (Å²) in [6.07, 6.45) is 1.58. The Labute approximate surface area is 103 Å². The number of nitrogens with zero attached hydrogens (tertiary/aromatic N) is 2. The minimum absolute atomic E-state index is 0.504. The molecule has 1 aromatic rings. The molecule has 1 aromatic carbocycles. The van der Waals surface area contributed by atoms with Crippen LogP contribution in [-0.4, -0.2) is 37.7 Å². The molecule has 0 spiro atoms. The quantitative estimate of drug-likeness (QED) is 0.788. The van der Waals surface area contributed by atoms with Crippen LogP contribution in [0, 0.1) is 11.3 Å². The second kappa shape index (κ2) is 6.39. The third-order valence-corrected chi connectivity index (χ3v) is 3.13. The summed E-state index contributed by atoms with van der Waals surface area (Å²) in [6, 6.07) is 10.5. The normalized spacial score (nSPS) is 16.6. The summed E-state index contributed by atoms with van der Waals surface area (Å²) in [7, 11) is 0. The number of benzene rings is 1. The maximum Gasteiger partial charge on any atom is 0.0669 e. The van der Waals surface area contributed by atoms with E-state index < -0.39 is 0 Å². The molecule has 0 amide bonds. The minimum atomic E-state index is 0.504. The monoisotopic (exact) mass is 230 g/mol. The SMILES string of the molecule is N#CCc1ccc(CCN2CCOCC2)cc1. The average Bonchev–Trinajstić information content (AvgIpc) is 2.40. The van der Waals surface area contributed by atoms with Gasteiger partial charge in [0.1, 0.15) is 0 Å². The zero-order chi connectivity index (χ0) is 11.9. The molecule has 0 unspecified atom stereocenters. The average molecular weight is 230 g/mol. The van der Waals surface area contributed by atoms with Crippen molar-refractivity contribution in [3.8, 4) is 6.07 Å². The Morgan fingerprint density at radius 1 is 1.12 bits per heavy atom. The van der Waals surface area contributed by atoms with Crippen LogP contribution in [0.15, 0.2) is 24.3 Å². The molecule has 1 saturated heterocycles. The molecule has 2 rings (SSSR count). The second-order valence-corrected chi connectivity index (χ2v) is 4.36. The van der Waals surface area contributed by atoms with Crippen molar-refractivity contribution in [1.29, 1.82) is 5.26 Å². The third-order valence-electron chi connectivity index (χ3n) is 3.13. The summed E-state index contributed by atoms with van der Waals surface area (Å²) in [5.74, 6) is 0. The molecule has 3 heteroatoms. The van der Waals surface area contributed by atoms with Gasteiger partial charge in [-0.3, -0.25) is 4.90 Å². The van der Waals surface area contributed by atoms with Crippen molar-refractivity contribution < 1.29 is 4.74 Å². The maximum absolute atomic E-state index is 8.59. The summed E-state index contributed by atoms with van der Waals surface area (Å²) in [5, 5.41) is 8.59. The molecule has 0 N–H and O–H groups in total. The van der Waals surface area contributed by atoms with Crippen LogP contribution in [0.5, 0.6) is 0 Å². The van der Waals surface area contributed by atoms with E-state index in [9.17, 15) is 0 Å². The molecular formula is C14H18N2O. The largest absolute Gasteiger partial charge is 0.379 e. The van der Waals surface area contributed by atoms with Crippen LogP contribution < -0.4 is 0 Å². The van der Waals surface area contributed by atoms with E-state index in [1.54, 1.807) is 0 Å². The van der Waals surface area contributed by atoms with Gasteiger partial charge in [-0.05, 0) is 17.5 Å². The standard InChI is InChI=1S/C14H18N2O/c15-7-5-13-1-3-14(4-2-13)6-8-16-9-11-17-12-10-16/h1-4H,5-6,8-12H2. The van der Waals surface area contributed by atoms with Gasteiger partial charge in [0.2, 0.25) is 0 Å². The summed E-state index contributed by atoms with van der Waals surface area (Å²) in [6.45, 7) is 4.92. The Morgan fingerprint density at radius 2 is 1.76 bits per heavy atom. The maximum atomic E-state index is 8.59. The second-order valence-electron chi connectivity index (χ2n) is 4.36. The Morgan fingerprint density at radius 3 is 2.41 bits per heavy atom. The topological polar surface area (TPSA) is 36.3 Å². The molecule has 1 aliphatic rings. The van der Waals surface area contributed by atoms with E-state index >= 15 is 0 Å². The van der Waals surface area contributed by atoms with Crippen LogP contribution in [0.4, 0.5) is 0 Å².